The second-order valence-electron chi connectivity index (χ2n) is 8.25. The van der Waals surface area contributed by atoms with Gasteiger partial charge in [0.15, 0.2) is 0 Å². The predicted octanol–water partition coefficient (Wildman–Crippen LogP) is 7.08. The molecule has 4 rings (SSSR count). The van der Waals surface area contributed by atoms with Gasteiger partial charge in [0, 0.05) is 21.8 Å². The second kappa shape index (κ2) is 10.6. The molecule has 172 valence electrons. The van der Waals surface area contributed by atoms with Crippen LogP contribution in [0.2, 0.25) is 0 Å². The van der Waals surface area contributed by atoms with Gasteiger partial charge in [0.05, 0.1) is 5.25 Å². The molecule has 4 aromatic carbocycles. The highest BCUT2D eigenvalue weighted by molar-refractivity contribution is 8.00. The minimum absolute atomic E-state index is 0.0253. The topological polar surface area (TPSA) is 58.2 Å². The first kappa shape index (κ1) is 23.6. The molecule has 0 heterocycles. The van der Waals surface area contributed by atoms with Crippen LogP contribution in [0.25, 0.3) is 10.8 Å². The summed E-state index contributed by atoms with van der Waals surface area (Å²) in [5.74, 6) is -0.174. The summed E-state index contributed by atoms with van der Waals surface area (Å²) in [5.41, 5.74) is 4.44. The van der Waals surface area contributed by atoms with E-state index in [0.717, 1.165) is 38.9 Å². The molecule has 0 aliphatic rings. The molecular formula is C29H28N2O2S. The van der Waals surface area contributed by atoms with Crippen LogP contribution in [0.3, 0.4) is 0 Å². The quantitative estimate of drug-likeness (QED) is 0.285. The number of thioether (sulfide) groups is 1. The number of anilines is 2. The molecule has 0 aromatic heterocycles. The maximum absolute atomic E-state index is 12.8. The fraction of sp³-hybridized carbons (Fsp3) is 0.172. The Bertz CT molecular complexity index is 1330. The van der Waals surface area contributed by atoms with Crippen molar-refractivity contribution in [2.75, 3.05) is 10.6 Å². The van der Waals surface area contributed by atoms with E-state index >= 15 is 0 Å². The number of carbonyl (C=O) groups excluding carboxylic acids is 2. The van der Waals surface area contributed by atoms with Crippen molar-refractivity contribution in [3.8, 4) is 0 Å². The van der Waals surface area contributed by atoms with Gasteiger partial charge in [0.25, 0.3) is 5.91 Å². The fourth-order valence-electron chi connectivity index (χ4n) is 3.84. The average Bonchev–Trinajstić information content (AvgIpc) is 2.86. The Morgan fingerprint density at radius 3 is 2.32 bits per heavy atom. The summed E-state index contributed by atoms with van der Waals surface area (Å²) in [6.07, 6.45) is 0.866. The number of carbonyl (C=O) groups is 2. The van der Waals surface area contributed by atoms with Crippen molar-refractivity contribution in [3.63, 3.8) is 0 Å². The molecular weight excluding hydrogens is 440 g/mol. The van der Waals surface area contributed by atoms with Gasteiger partial charge in [0.1, 0.15) is 0 Å². The van der Waals surface area contributed by atoms with E-state index in [1.54, 1.807) is 0 Å². The molecule has 1 atom stereocenters. The van der Waals surface area contributed by atoms with Crippen LogP contribution in [0.4, 0.5) is 11.4 Å². The van der Waals surface area contributed by atoms with Crippen LogP contribution < -0.4 is 10.6 Å². The zero-order valence-electron chi connectivity index (χ0n) is 19.6. The molecule has 34 heavy (non-hydrogen) atoms. The number of amides is 2. The van der Waals surface area contributed by atoms with Gasteiger partial charge in [-0.05, 0) is 78.6 Å². The molecule has 0 radical (unpaired) electrons. The Hall–Kier alpha value is -3.57. The van der Waals surface area contributed by atoms with Crippen molar-refractivity contribution in [3.05, 3.63) is 102 Å². The number of rotatable bonds is 7. The Balaban J connectivity index is 1.37. The molecule has 2 amide bonds. The first-order valence-corrected chi connectivity index (χ1v) is 12.3. The third kappa shape index (κ3) is 5.49. The SMILES string of the molecule is CCc1cccc(C)c1NC(=O)C(C)Sc1ccc(NC(=O)c2ccc3ccccc3c2)cc1. The first-order valence-electron chi connectivity index (χ1n) is 11.4. The smallest absolute Gasteiger partial charge is 0.255 e. The highest BCUT2D eigenvalue weighted by Gasteiger charge is 2.17. The zero-order chi connectivity index (χ0) is 24.1. The van der Waals surface area contributed by atoms with E-state index in [1.165, 1.54) is 11.8 Å². The number of nitrogens with one attached hydrogen (secondary N) is 2. The maximum atomic E-state index is 12.8. The van der Waals surface area contributed by atoms with E-state index < -0.39 is 0 Å². The molecule has 4 aromatic rings. The largest absolute Gasteiger partial charge is 0.325 e. The number of para-hydroxylation sites is 1. The summed E-state index contributed by atoms with van der Waals surface area (Å²) in [5, 5.41) is 7.93. The van der Waals surface area contributed by atoms with Crippen molar-refractivity contribution in [1.82, 2.24) is 0 Å². The van der Waals surface area contributed by atoms with E-state index in [4.69, 9.17) is 0 Å². The van der Waals surface area contributed by atoms with Crippen LogP contribution in [0, 0.1) is 6.92 Å². The zero-order valence-corrected chi connectivity index (χ0v) is 20.4. The normalized spacial score (nSPS) is 11.7. The Morgan fingerprint density at radius 1 is 0.853 bits per heavy atom. The minimum atomic E-state index is -0.262. The predicted molar refractivity (Wildman–Crippen MR) is 143 cm³/mol. The summed E-state index contributed by atoms with van der Waals surface area (Å²) in [6.45, 7) is 6.00. The van der Waals surface area contributed by atoms with E-state index in [9.17, 15) is 9.59 Å². The van der Waals surface area contributed by atoms with Gasteiger partial charge in [-0.15, -0.1) is 11.8 Å². The van der Waals surface area contributed by atoms with Crippen molar-refractivity contribution < 1.29 is 9.59 Å². The van der Waals surface area contributed by atoms with Crippen LogP contribution in [0.5, 0.6) is 0 Å². The third-order valence-corrected chi connectivity index (χ3v) is 6.91. The highest BCUT2D eigenvalue weighted by atomic mass is 32.2. The molecule has 0 saturated carbocycles. The second-order valence-corrected chi connectivity index (χ2v) is 9.67. The summed E-state index contributed by atoms with van der Waals surface area (Å²) in [7, 11) is 0. The van der Waals surface area contributed by atoms with Gasteiger partial charge in [0.2, 0.25) is 5.91 Å². The molecule has 4 nitrogen and oxygen atoms in total. The lowest BCUT2D eigenvalue weighted by atomic mass is 10.1. The van der Waals surface area contributed by atoms with Crippen LogP contribution >= 0.6 is 11.8 Å². The molecule has 0 fully saturated rings. The molecule has 0 spiro atoms. The van der Waals surface area contributed by atoms with Gasteiger partial charge in [-0.2, -0.15) is 0 Å². The number of aryl methyl sites for hydroxylation is 2. The highest BCUT2D eigenvalue weighted by Crippen LogP contribution is 2.28. The van der Waals surface area contributed by atoms with Crippen molar-refractivity contribution in [1.29, 1.82) is 0 Å². The van der Waals surface area contributed by atoms with Gasteiger partial charge < -0.3 is 10.6 Å². The van der Waals surface area contributed by atoms with Gasteiger partial charge >= 0.3 is 0 Å². The summed E-state index contributed by atoms with van der Waals surface area (Å²) in [4.78, 5) is 26.5. The summed E-state index contributed by atoms with van der Waals surface area (Å²) in [6, 6.07) is 27.3. The van der Waals surface area contributed by atoms with E-state index in [2.05, 4.69) is 17.6 Å². The van der Waals surface area contributed by atoms with Gasteiger partial charge in [-0.25, -0.2) is 0 Å². The Kier molecular flexibility index (Phi) is 7.33. The maximum Gasteiger partial charge on any atom is 0.255 e. The van der Waals surface area contributed by atoms with Crippen LogP contribution in [0.1, 0.15) is 35.3 Å². The average molecular weight is 469 g/mol. The number of benzene rings is 4. The molecule has 0 saturated heterocycles. The van der Waals surface area contributed by atoms with Crippen molar-refractivity contribution >= 4 is 45.7 Å². The monoisotopic (exact) mass is 468 g/mol. The first-order chi connectivity index (χ1) is 16.4. The molecule has 1 unspecified atom stereocenters. The summed E-state index contributed by atoms with van der Waals surface area (Å²) < 4.78 is 0. The van der Waals surface area contributed by atoms with E-state index in [-0.39, 0.29) is 17.1 Å². The lowest BCUT2D eigenvalue weighted by molar-refractivity contribution is -0.115. The minimum Gasteiger partial charge on any atom is -0.325 e. The number of hydrogen-bond donors (Lipinski definition) is 2. The molecule has 0 aliphatic carbocycles. The van der Waals surface area contributed by atoms with Gasteiger partial charge in [-0.1, -0.05) is 55.5 Å². The lowest BCUT2D eigenvalue weighted by Gasteiger charge is -2.16. The number of fused-ring (bicyclic) bond motifs is 1. The number of hydrogen-bond acceptors (Lipinski definition) is 3. The van der Waals surface area contributed by atoms with Crippen LogP contribution in [-0.2, 0) is 11.2 Å². The van der Waals surface area contributed by atoms with Crippen LogP contribution in [-0.4, -0.2) is 17.1 Å². The molecule has 0 aliphatic heterocycles. The van der Waals surface area contributed by atoms with E-state index in [1.807, 2.05) is 98.8 Å². The molecule has 2 N–H and O–H groups in total. The molecule has 5 heteroatoms. The van der Waals surface area contributed by atoms with Crippen molar-refractivity contribution in [2.45, 2.75) is 37.3 Å². The fourth-order valence-corrected chi connectivity index (χ4v) is 4.70. The van der Waals surface area contributed by atoms with Crippen LogP contribution in [0.15, 0.2) is 89.8 Å². The van der Waals surface area contributed by atoms with Gasteiger partial charge in [-0.3, -0.25) is 9.59 Å². The van der Waals surface area contributed by atoms with Crippen molar-refractivity contribution in [2.24, 2.45) is 0 Å². The Morgan fingerprint density at radius 2 is 1.59 bits per heavy atom. The standard InChI is InChI=1S/C29H28N2O2S/c1-4-21-11-7-8-19(2)27(21)31-28(32)20(3)34-26-16-14-25(15-17-26)30-29(33)24-13-12-22-9-5-6-10-23(22)18-24/h5-18,20H,4H2,1-3H3,(H,30,33)(H,31,32). The Labute approximate surface area is 204 Å². The lowest BCUT2D eigenvalue weighted by Crippen LogP contribution is -2.23. The van der Waals surface area contributed by atoms with E-state index in [0.29, 0.717) is 11.3 Å². The third-order valence-electron chi connectivity index (χ3n) is 5.79. The summed E-state index contributed by atoms with van der Waals surface area (Å²) >= 11 is 1.49. The molecule has 0 bridgehead atoms.